The van der Waals surface area contributed by atoms with Crippen LogP contribution in [0.4, 0.5) is 0 Å². The number of aliphatic carboxylic acids is 1. The van der Waals surface area contributed by atoms with Crippen LogP contribution in [0, 0.1) is 29.6 Å². The number of carboxylic acids is 1. The molecule has 108 heavy (non-hydrogen) atoms. The zero-order chi connectivity index (χ0) is 82.3. The van der Waals surface area contributed by atoms with E-state index in [0.29, 0.717) is 19.3 Å². The molecule has 1 aliphatic heterocycles. The largest absolute Gasteiger partial charge is 0.508 e. The van der Waals surface area contributed by atoms with Gasteiger partial charge < -0.3 is 127 Å². The van der Waals surface area contributed by atoms with Crippen LogP contribution in [0.25, 0.3) is 0 Å². The van der Waals surface area contributed by atoms with Crippen molar-refractivity contribution in [3.63, 3.8) is 0 Å². The minimum absolute atomic E-state index is 0.0174. The van der Waals surface area contributed by atoms with E-state index in [2.05, 4.69) is 52.5 Å². The first-order valence-corrected chi connectivity index (χ1v) is 36.0. The molecule has 1 aliphatic rings. The molecule has 1 saturated heterocycles. The van der Waals surface area contributed by atoms with Crippen LogP contribution in [-0.2, 0) is 67.1 Å². The number of aliphatic imine (C=N–C) groups is 2. The summed E-state index contributed by atoms with van der Waals surface area (Å²) in [7, 11) is 2.39. The van der Waals surface area contributed by atoms with Crippen molar-refractivity contribution < 1.29 is 103 Å². The quantitative estimate of drug-likeness (QED) is 0.0164. The zero-order valence-electron chi connectivity index (χ0n) is 63.6. The van der Waals surface area contributed by atoms with Crippen molar-refractivity contribution in [2.75, 3.05) is 33.8 Å². The smallest absolute Gasteiger partial charge is 0.326 e. The van der Waals surface area contributed by atoms with Gasteiger partial charge in [0.15, 0.2) is 18.0 Å². The molecule has 1 fully saturated rings. The summed E-state index contributed by atoms with van der Waals surface area (Å²) in [6, 6.07) is -11.4. The molecule has 1 aromatic carbocycles. The molecular formula is C69H118N18O21. The number of amides is 12. The number of carbonyl (C=O) groups excluding carboxylic acids is 12. The summed E-state index contributed by atoms with van der Waals surface area (Å²) in [6.07, 6.45) is -11.6. The minimum atomic E-state index is -2.50. The average Bonchev–Trinajstić information content (AvgIpc) is 0.813. The van der Waals surface area contributed by atoms with E-state index in [9.17, 15) is 98.1 Å². The number of piperidine rings is 1. The monoisotopic (exact) mass is 1530 g/mol. The molecular weight excluding hydrogens is 1420 g/mol. The first-order chi connectivity index (χ1) is 50.4. The number of aromatic hydroxyl groups is 1. The van der Waals surface area contributed by atoms with Crippen LogP contribution in [0.3, 0.4) is 0 Å². The van der Waals surface area contributed by atoms with Crippen molar-refractivity contribution in [3.8, 4) is 5.75 Å². The lowest BCUT2D eigenvalue weighted by Crippen LogP contribution is -2.64. The summed E-state index contributed by atoms with van der Waals surface area (Å²) < 4.78 is 5.77. The van der Waals surface area contributed by atoms with E-state index >= 15 is 0 Å². The lowest BCUT2D eigenvalue weighted by atomic mass is 9.87. The third kappa shape index (κ3) is 31.0. The number of carboxylic acid groups (broad SMARTS) is 1. The number of guanidine groups is 2. The molecule has 39 heteroatoms. The second-order valence-corrected chi connectivity index (χ2v) is 28.5. The maximum Gasteiger partial charge on any atom is 0.326 e. The van der Waals surface area contributed by atoms with Gasteiger partial charge in [-0.1, -0.05) is 60.6 Å². The second kappa shape index (κ2) is 45.9. The van der Waals surface area contributed by atoms with Crippen molar-refractivity contribution in [2.45, 2.75) is 243 Å². The van der Waals surface area contributed by atoms with E-state index in [1.165, 1.54) is 59.2 Å². The fourth-order valence-corrected chi connectivity index (χ4v) is 12.4. The van der Waals surface area contributed by atoms with Crippen molar-refractivity contribution in [2.24, 2.45) is 74.0 Å². The molecule has 19 atom stereocenters. The highest BCUT2D eigenvalue weighted by Crippen LogP contribution is 2.29. The van der Waals surface area contributed by atoms with Gasteiger partial charge in [-0.05, 0) is 126 Å². The Morgan fingerprint density at radius 2 is 1.06 bits per heavy atom. The summed E-state index contributed by atoms with van der Waals surface area (Å²) in [5.41, 5.74) is 33.4. The number of likely N-dealkylation sites (N-methyl/N-ethyl adjacent to an activating group) is 1. The lowest BCUT2D eigenvalue weighted by Gasteiger charge is -2.38. The van der Waals surface area contributed by atoms with E-state index in [0.717, 1.165) is 23.6 Å². The van der Waals surface area contributed by atoms with E-state index in [4.69, 9.17) is 39.1 Å². The number of nitrogens with zero attached hydrogens (tertiary/aromatic N) is 4. The number of carbonyl (C=O) groups is 13. The molecule has 0 radical (unpaired) electrons. The average molecular weight is 1540 g/mol. The standard InChI is InChI=1S/C69H118N18O21/c1-32(2)29-35(6)53(93)36(7)57(96)78-37(8)58(97)79-42(17-15-26-76-68(72)73)54(94)55(95)64(103)82-49(34(5)31-48(71)92)61(100)83-51(39(10)89)63(102)84-50(38(9)88)62(101)80-43(18-16-27-77-69(74)75)59(98)81-44(30-33(3)4)65(104)86(11)45(24-25-47(70)91)60(99)85-52(56(108-12)40-20-22-41(90)23-21-40)66(105)87-28-14-13-19-46(87)67(106)107/h20-23,32-39,42-46,49-56,88-90,93-95H,13-19,24-31H2,1-12H3,(H2,70,91)(H2,71,92)(H,78,96)(H,79,97)(H,80,101)(H,81,98)(H,82,103)(H,83,100)(H,84,102)(H,85,99)(H,106,107)(H4,72,73,76)(H4,74,75,77)/t34-,35+,36+,37+,38-,39-,42-,43+,44-,45-,46-,49-,50+,51+,52+,53+,54+,55+,56+/m0/s1. The Morgan fingerprint density at radius 1 is 0.556 bits per heavy atom. The van der Waals surface area contributed by atoms with Crippen LogP contribution in [0.15, 0.2) is 34.3 Å². The van der Waals surface area contributed by atoms with E-state index in [1.807, 2.05) is 13.8 Å². The van der Waals surface area contributed by atoms with E-state index in [-0.39, 0.29) is 93.2 Å². The zero-order valence-corrected chi connectivity index (χ0v) is 63.6. The number of rotatable bonds is 47. The molecule has 1 heterocycles. The van der Waals surface area contributed by atoms with Crippen molar-refractivity contribution in [3.05, 3.63) is 29.8 Å². The van der Waals surface area contributed by atoms with Gasteiger partial charge in [0, 0.05) is 46.6 Å². The van der Waals surface area contributed by atoms with Gasteiger partial charge in [-0.3, -0.25) is 67.5 Å². The highest BCUT2D eigenvalue weighted by Gasteiger charge is 2.45. The van der Waals surface area contributed by atoms with Crippen LogP contribution in [0.1, 0.15) is 158 Å². The first-order valence-electron chi connectivity index (χ1n) is 36.0. The fraction of sp³-hybridized carbons (Fsp3) is 0.696. The number of primary amides is 2. The Labute approximate surface area is 628 Å². The Bertz CT molecular complexity index is 3240. The predicted octanol–water partition coefficient (Wildman–Crippen LogP) is -5.64. The predicted molar refractivity (Wildman–Crippen MR) is 392 cm³/mol. The molecule has 0 unspecified atom stereocenters. The van der Waals surface area contributed by atoms with Gasteiger partial charge >= 0.3 is 5.97 Å². The molecule has 39 nitrogen and oxygen atoms in total. The number of nitrogens with two attached hydrogens (primary N) is 6. The molecule has 610 valence electrons. The molecule has 0 saturated carbocycles. The number of nitrogens with one attached hydrogen (secondary N) is 8. The number of hydrogen-bond donors (Lipinski definition) is 21. The number of aliphatic hydroxyl groups excluding tert-OH is 5. The lowest BCUT2D eigenvalue weighted by molar-refractivity contribution is -0.155. The Morgan fingerprint density at radius 3 is 1.56 bits per heavy atom. The van der Waals surface area contributed by atoms with Crippen molar-refractivity contribution in [1.82, 2.24) is 52.3 Å². The summed E-state index contributed by atoms with van der Waals surface area (Å²) >= 11 is 0. The Hall–Kier alpha value is -9.57. The van der Waals surface area contributed by atoms with Gasteiger partial charge in [0.25, 0.3) is 5.91 Å². The summed E-state index contributed by atoms with van der Waals surface area (Å²) in [5.74, 6) is -17.8. The van der Waals surface area contributed by atoms with Crippen LogP contribution in [0.5, 0.6) is 5.75 Å². The van der Waals surface area contributed by atoms with E-state index in [1.54, 1.807) is 20.8 Å². The maximum absolute atomic E-state index is 14.9. The number of benzene rings is 1. The van der Waals surface area contributed by atoms with Crippen molar-refractivity contribution in [1.29, 1.82) is 0 Å². The Kier molecular flexibility index (Phi) is 40.2. The van der Waals surface area contributed by atoms with E-state index < -0.39 is 211 Å². The molecule has 1 aromatic rings. The molecule has 27 N–H and O–H groups in total. The van der Waals surface area contributed by atoms with Crippen LogP contribution in [-0.4, -0.2) is 259 Å². The van der Waals surface area contributed by atoms with Gasteiger partial charge in [-0.15, -0.1) is 0 Å². The normalized spacial score (nSPS) is 18.0. The summed E-state index contributed by atoms with van der Waals surface area (Å²) in [6.45, 7) is 14.9. The Balaban J connectivity index is 2.59. The number of likely N-dealkylation sites (tertiary alicyclic amines) is 1. The number of phenols is 1. The SMILES string of the molecule is CO[C@H](c1ccc(O)cc1)[C@@H](NC(=O)[C@H](CCC(N)=O)N(C)C(=O)[C@H](CC(C)C)NC(=O)[C@@H](CCCN=C(N)N)NC(=O)[C@H](NC(=O)[C@H](NC(=O)[C@@H](NC(=O)[C@H](O)[C@H](O)[C@H](CCCN=C(N)N)NC(=O)[C@@H](C)NC(=O)[C@H](C)[C@H](O)[C@H](C)CC(C)C)[C@@H](C)CC(N)=O)[C@H](C)O)[C@H](C)O)C(=O)N1CCCC[C@H]1C(=O)O. The number of phenolic OH excluding ortho intramolecular Hbond substituents is 1. The first kappa shape index (κ1) is 94.5. The van der Waals surface area contributed by atoms with Gasteiger partial charge in [0.05, 0.1) is 30.3 Å². The van der Waals surface area contributed by atoms with Crippen LogP contribution < -0.4 is 76.9 Å². The third-order valence-corrected chi connectivity index (χ3v) is 18.3. The van der Waals surface area contributed by atoms with Crippen LogP contribution in [0.2, 0.25) is 0 Å². The summed E-state index contributed by atoms with van der Waals surface area (Å²) in [4.78, 5) is 190. The molecule has 0 aliphatic carbocycles. The van der Waals surface area contributed by atoms with Gasteiger partial charge in [0.2, 0.25) is 65.0 Å². The third-order valence-electron chi connectivity index (χ3n) is 18.3. The van der Waals surface area contributed by atoms with Gasteiger partial charge in [-0.2, -0.15) is 0 Å². The number of ether oxygens (including phenoxy) is 1. The van der Waals surface area contributed by atoms with Gasteiger partial charge in [-0.25, -0.2) is 4.79 Å². The van der Waals surface area contributed by atoms with Crippen LogP contribution >= 0.6 is 0 Å². The number of aliphatic hydroxyl groups is 5. The van der Waals surface area contributed by atoms with Gasteiger partial charge in [0.1, 0.15) is 72.3 Å². The second-order valence-electron chi connectivity index (χ2n) is 28.5. The highest BCUT2D eigenvalue weighted by molar-refractivity contribution is 5.99. The number of methoxy groups -OCH3 is 1. The summed E-state index contributed by atoms with van der Waals surface area (Å²) in [5, 5.41) is 95.7. The number of hydrogen-bond acceptors (Lipinski definition) is 22. The fourth-order valence-electron chi connectivity index (χ4n) is 12.4. The van der Waals surface area contributed by atoms with Crippen molar-refractivity contribution >= 4 is 88.8 Å². The molecule has 12 amide bonds. The topological polar surface area (TPSA) is 656 Å². The molecule has 0 spiro atoms. The molecule has 0 aromatic heterocycles. The molecule has 2 rings (SSSR count). The highest BCUT2D eigenvalue weighted by atomic mass is 16.5. The molecule has 0 bridgehead atoms. The maximum atomic E-state index is 14.9. The minimum Gasteiger partial charge on any atom is -0.508 e.